The van der Waals surface area contributed by atoms with Crippen LogP contribution in [0.15, 0.2) is 30.3 Å². The van der Waals surface area contributed by atoms with Crippen molar-refractivity contribution in [2.24, 2.45) is 5.41 Å². The highest BCUT2D eigenvalue weighted by molar-refractivity contribution is 5.94. The Balaban J connectivity index is 1.55. The highest BCUT2D eigenvalue weighted by atomic mass is 16.5. The Kier molecular flexibility index (Phi) is 3.66. The summed E-state index contributed by atoms with van der Waals surface area (Å²) < 4.78 is 5.76. The third-order valence-electron chi connectivity index (χ3n) is 5.56. The fourth-order valence-electron chi connectivity index (χ4n) is 4.03. The molecule has 2 heterocycles. The number of hydrogen-bond donors (Lipinski definition) is 0. The molecule has 1 atom stereocenters. The summed E-state index contributed by atoms with van der Waals surface area (Å²) in [5, 5.41) is 0. The van der Waals surface area contributed by atoms with Gasteiger partial charge in [0.2, 0.25) is 0 Å². The first-order chi connectivity index (χ1) is 10.8. The maximum absolute atomic E-state index is 12.4. The van der Waals surface area contributed by atoms with Crippen LogP contribution < -0.4 is 4.90 Å². The molecule has 118 valence electrons. The molecule has 1 amide bonds. The lowest BCUT2D eigenvalue weighted by molar-refractivity contribution is -0.122. The molecule has 4 heteroatoms. The van der Waals surface area contributed by atoms with Crippen LogP contribution in [0.5, 0.6) is 0 Å². The SMILES string of the molecule is O=C1COCC2(CCN(C3CCC3)C2)CN1c1ccccc1. The largest absolute Gasteiger partial charge is 0.371 e. The molecule has 1 aliphatic carbocycles. The molecule has 1 unspecified atom stereocenters. The summed E-state index contributed by atoms with van der Waals surface area (Å²) in [6.45, 7) is 3.95. The first kappa shape index (κ1) is 14.2. The minimum atomic E-state index is 0.0881. The van der Waals surface area contributed by atoms with Gasteiger partial charge in [-0.2, -0.15) is 0 Å². The summed E-state index contributed by atoms with van der Waals surface area (Å²) in [6, 6.07) is 10.8. The zero-order chi connectivity index (χ0) is 15.0. The number of hydrogen-bond acceptors (Lipinski definition) is 3. The van der Waals surface area contributed by atoms with E-state index in [4.69, 9.17) is 4.74 Å². The Labute approximate surface area is 132 Å². The minimum absolute atomic E-state index is 0.0881. The average Bonchev–Trinajstić information content (AvgIpc) is 2.79. The van der Waals surface area contributed by atoms with E-state index in [1.54, 1.807) is 0 Å². The first-order valence-electron chi connectivity index (χ1n) is 8.43. The zero-order valence-corrected chi connectivity index (χ0v) is 13.0. The molecule has 0 aromatic heterocycles. The number of likely N-dealkylation sites (tertiary alicyclic amines) is 1. The normalized spacial score (nSPS) is 30.5. The number of rotatable bonds is 2. The summed E-state index contributed by atoms with van der Waals surface area (Å²) in [7, 11) is 0. The van der Waals surface area contributed by atoms with Gasteiger partial charge in [-0.3, -0.25) is 9.69 Å². The smallest absolute Gasteiger partial charge is 0.252 e. The number of para-hydroxylation sites is 1. The quantitative estimate of drug-likeness (QED) is 0.840. The fourth-order valence-corrected chi connectivity index (χ4v) is 4.03. The van der Waals surface area contributed by atoms with Gasteiger partial charge in [0.05, 0.1) is 6.61 Å². The number of carbonyl (C=O) groups excluding carboxylic acids is 1. The van der Waals surface area contributed by atoms with Crippen LogP contribution in [0.3, 0.4) is 0 Å². The van der Waals surface area contributed by atoms with E-state index in [0.717, 1.165) is 37.8 Å². The summed E-state index contributed by atoms with van der Waals surface area (Å²) in [6.07, 6.45) is 5.20. The Morgan fingerprint density at radius 3 is 2.68 bits per heavy atom. The predicted molar refractivity (Wildman–Crippen MR) is 85.9 cm³/mol. The standard InChI is InChI=1S/C18H24N2O2/c21-17-11-22-14-18(9-10-19(12-18)15-7-4-8-15)13-20(17)16-5-2-1-3-6-16/h1-3,5-6,15H,4,7-14H2. The van der Waals surface area contributed by atoms with Crippen molar-refractivity contribution in [1.29, 1.82) is 0 Å². The number of carbonyl (C=O) groups is 1. The van der Waals surface area contributed by atoms with Crippen LogP contribution in [-0.4, -0.2) is 49.7 Å². The van der Waals surface area contributed by atoms with E-state index in [1.807, 2.05) is 35.2 Å². The van der Waals surface area contributed by atoms with Crippen molar-refractivity contribution in [3.63, 3.8) is 0 Å². The van der Waals surface area contributed by atoms with Gasteiger partial charge in [0.1, 0.15) is 6.61 Å². The Morgan fingerprint density at radius 2 is 1.95 bits per heavy atom. The third-order valence-corrected chi connectivity index (χ3v) is 5.56. The van der Waals surface area contributed by atoms with Crippen molar-refractivity contribution in [2.45, 2.75) is 31.7 Å². The fraction of sp³-hybridized carbons (Fsp3) is 0.611. The second kappa shape index (κ2) is 5.67. The van der Waals surface area contributed by atoms with E-state index in [1.165, 1.54) is 19.3 Å². The van der Waals surface area contributed by atoms with Gasteiger partial charge in [-0.25, -0.2) is 0 Å². The molecule has 4 rings (SSSR count). The lowest BCUT2D eigenvalue weighted by Crippen LogP contribution is -2.45. The average molecular weight is 300 g/mol. The molecule has 4 nitrogen and oxygen atoms in total. The van der Waals surface area contributed by atoms with Crippen LogP contribution in [0.4, 0.5) is 5.69 Å². The summed E-state index contributed by atoms with van der Waals surface area (Å²) in [4.78, 5) is 17.0. The molecule has 2 aliphatic heterocycles. The number of amides is 1. The molecule has 1 aromatic carbocycles. The molecule has 1 saturated carbocycles. The summed E-state index contributed by atoms with van der Waals surface area (Å²) in [5.41, 5.74) is 1.11. The zero-order valence-electron chi connectivity index (χ0n) is 13.0. The molecule has 3 aliphatic rings. The number of anilines is 1. The van der Waals surface area contributed by atoms with Crippen molar-refractivity contribution < 1.29 is 9.53 Å². The van der Waals surface area contributed by atoms with Crippen molar-refractivity contribution in [1.82, 2.24) is 4.90 Å². The van der Waals surface area contributed by atoms with E-state index in [2.05, 4.69) is 4.90 Å². The third kappa shape index (κ3) is 2.55. The van der Waals surface area contributed by atoms with E-state index in [9.17, 15) is 4.79 Å². The second-order valence-corrected chi connectivity index (χ2v) is 7.11. The number of nitrogens with zero attached hydrogens (tertiary/aromatic N) is 2. The maximum Gasteiger partial charge on any atom is 0.252 e. The Morgan fingerprint density at radius 1 is 1.14 bits per heavy atom. The minimum Gasteiger partial charge on any atom is -0.371 e. The molecule has 0 bridgehead atoms. The molecule has 1 spiro atoms. The molecule has 3 fully saturated rings. The van der Waals surface area contributed by atoms with E-state index in [-0.39, 0.29) is 17.9 Å². The van der Waals surface area contributed by atoms with Gasteiger partial charge in [0.25, 0.3) is 5.91 Å². The summed E-state index contributed by atoms with van der Waals surface area (Å²) >= 11 is 0. The number of ether oxygens (including phenoxy) is 1. The molecule has 22 heavy (non-hydrogen) atoms. The molecular formula is C18H24N2O2. The second-order valence-electron chi connectivity index (χ2n) is 7.11. The molecule has 0 radical (unpaired) electrons. The highest BCUT2D eigenvalue weighted by Crippen LogP contribution is 2.39. The molecule has 2 saturated heterocycles. The van der Waals surface area contributed by atoms with Crippen LogP contribution in [0.25, 0.3) is 0 Å². The van der Waals surface area contributed by atoms with Gasteiger partial charge in [0, 0.05) is 30.2 Å². The monoisotopic (exact) mass is 300 g/mol. The van der Waals surface area contributed by atoms with Crippen molar-refractivity contribution in [2.75, 3.05) is 37.7 Å². The predicted octanol–water partition coefficient (Wildman–Crippen LogP) is 2.29. The van der Waals surface area contributed by atoms with Crippen LogP contribution >= 0.6 is 0 Å². The van der Waals surface area contributed by atoms with E-state index >= 15 is 0 Å². The van der Waals surface area contributed by atoms with Gasteiger partial charge >= 0.3 is 0 Å². The van der Waals surface area contributed by atoms with Crippen LogP contribution in [0.1, 0.15) is 25.7 Å². The lowest BCUT2D eigenvalue weighted by atomic mass is 9.86. The topological polar surface area (TPSA) is 32.8 Å². The van der Waals surface area contributed by atoms with Gasteiger partial charge in [-0.05, 0) is 37.9 Å². The summed E-state index contributed by atoms with van der Waals surface area (Å²) in [5.74, 6) is 0.0881. The van der Waals surface area contributed by atoms with Crippen LogP contribution in [-0.2, 0) is 9.53 Å². The van der Waals surface area contributed by atoms with Crippen molar-refractivity contribution in [3.05, 3.63) is 30.3 Å². The first-order valence-corrected chi connectivity index (χ1v) is 8.43. The Bertz CT molecular complexity index is 543. The molecule has 1 aromatic rings. The van der Waals surface area contributed by atoms with E-state index < -0.39 is 0 Å². The van der Waals surface area contributed by atoms with Crippen LogP contribution in [0.2, 0.25) is 0 Å². The number of benzene rings is 1. The molecular weight excluding hydrogens is 276 g/mol. The van der Waals surface area contributed by atoms with Gasteiger partial charge in [-0.1, -0.05) is 24.6 Å². The van der Waals surface area contributed by atoms with Crippen molar-refractivity contribution in [3.8, 4) is 0 Å². The van der Waals surface area contributed by atoms with Gasteiger partial charge < -0.3 is 9.64 Å². The Hall–Kier alpha value is -1.39. The van der Waals surface area contributed by atoms with Crippen molar-refractivity contribution >= 4 is 11.6 Å². The highest BCUT2D eigenvalue weighted by Gasteiger charge is 2.45. The maximum atomic E-state index is 12.4. The van der Waals surface area contributed by atoms with Crippen LogP contribution in [0, 0.1) is 5.41 Å². The van der Waals surface area contributed by atoms with E-state index in [0.29, 0.717) is 6.61 Å². The lowest BCUT2D eigenvalue weighted by Gasteiger charge is -2.37. The molecule has 0 N–H and O–H groups in total. The van der Waals surface area contributed by atoms with Gasteiger partial charge in [-0.15, -0.1) is 0 Å². The van der Waals surface area contributed by atoms with Gasteiger partial charge in [0.15, 0.2) is 0 Å².